The molecule has 2 aromatic rings. The van der Waals surface area contributed by atoms with Crippen LogP contribution in [0.5, 0.6) is 5.75 Å². The number of halogens is 1. The van der Waals surface area contributed by atoms with Crippen LogP contribution in [0.2, 0.25) is 5.02 Å². The van der Waals surface area contributed by atoms with E-state index in [1.165, 1.54) is 25.3 Å². The third kappa shape index (κ3) is 3.35. The summed E-state index contributed by atoms with van der Waals surface area (Å²) in [5.74, 6) is -0.262. The summed E-state index contributed by atoms with van der Waals surface area (Å²) < 4.78 is 5.07. The van der Waals surface area contributed by atoms with E-state index in [1.807, 2.05) is 6.92 Å². The Hall–Kier alpha value is -2.60. The molecule has 114 valence electrons. The van der Waals surface area contributed by atoms with Gasteiger partial charge in [0.25, 0.3) is 11.6 Å². The number of aryl methyl sites for hydroxylation is 1. The van der Waals surface area contributed by atoms with Crippen LogP contribution in [0.25, 0.3) is 0 Å². The highest BCUT2D eigenvalue weighted by molar-refractivity contribution is 6.31. The summed E-state index contributed by atoms with van der Waals surface area (Å²) in [6.07, 6.45) is 0. The Kier molecular flexibility index (Phi) is 4.62. The Morgan fingerprint density at radius 1 is 1.27 bits per heavy atom. The van der Waals surface area contributed by atoms with Gasteiger partial charge in [0.15, 0.2) is 0 Å². The van der Waals surface area contributed by atoms with Crippen LogP contribution < -0.4 is 10.1 Å². The number of nitro benzene ring substituents is 1. The maximum atomic E-state index is 12.3. The summed E-state index contributed by atoms with van der Waals surface area (Å²) in [5, 5.41) is 14.0. The zero-order valence-corrected chi connectivity index (χ0v) is 12.7. The van der Waals surface area contributed by atoms with Crippen molar-refractivity contribution in [1.82, 2.24) is 0 Å². The standard InChI is InChI=1S/C15H13ClN2O4/c1-9-3-4-10(7-13(9)16)17-15(19)12-8-11(18(20)21)5-6-14(12)22-2/h3-8H,1-2H3,(H,17,19). The van der Waals surface area contributed by atoms with Gasteiger partial charge >= 0.3 is 0 Å². The van der Waals surface area contributed by atoms with Gasteiger partial charge in [-0.15, -0.1) is 0 Å². The monoisotopic (exact) mass is 320 g/mol. The quantitative estimate of drug-likeness (QED) is 0.686. The molecule has 1 amide bonds. The maximum Gasteiger partial charge on any atom is 0.270 e. The van der Waals surface area contributed by atoms with Crippen molar-refractivity contribution in [3.05, 3.63) is 62.7 Å². The predicted octanol–water partition coefficient (Wildman–Crippen LogP) is 3.82. The fraction of sp³-hybridized carbons (Fsp3) is 0.133. The van der Waals surface area contributed by atoms with Crippen LogP contribution in [0.15, 0.2) is 36.4 Å². The largest absolute Gasteiger partial charge is 0.496 e. The lowest BCUT2D eigenvalue weighted by Crippen LogP contribution is -2.13. The Morgan fingerprint density at radius 3 is 2.59 bits per heavy atom. The predicted molar refractivity (Wildman–Crippen MR) is 83.8 cm³/mol. The van der Waals surface area contributed by atoms with Crippen LogP contribution in [0, 0.1) is 17.0 Å². The Balaban J connectivity index is 2.33. The number of amides is 1. The molecular formula is C15H13ClN2O4. The molecule has 0 fully saturated rings. The maximum absolute atomic E-state index is 12.3. The Morgan fingerprint density at radius 2 is 2.00 bits per heavy atom. The molecule has 0 unspecified atom stereocenters. The summed E-state index contributed by atoms with van der Waals surface area (Å²) in [6.45, 7) is 1.84. The lowest BCUT2D eigenvalue weighted by atomic mass is 10.1. The van der Waals surface area contributed by atoms with Gasteiger partial charge in [-0.1, -0.05) is 17.7 Å². The third-order valence-electron chi connectivity index (χ3n) is 3.07. The molecule has 22 heavy (non-hydrogen) atoms. The highest BCUT2D eigenvalue weighted by Crippen LogP contribution is 2.26. The molecular weight excluding hydrogens is 308 g/mol. The van der Waals surface area contributed by atoms with Crippen molar-refractivity contribution in [3.63, 3.8) is 0 Å². The van der Waals surface area contributed by atoms with Crippen molar-refractivity contribution in [2.24, 2.45) is 0 Å². The zero-order valence-electron chi connectivity index (χ0n) is 11.9. The number of nitrogens with zero attached hydrogens (tertiary/aromatic N) is 1. The number of rotatable bonds is 4. The third-order valence-corrected chi connectivity index (χ3v) is 3.48. The first-order valence-corrected chi connectivity index (χ1v) is 6.70. The molecule has 6 nitrogen and oxygen atoms in total. The van der Waals surface area contributed by atoms with Gasteiger partial charge in [-0.3, -0.25) is 14.9 Å². The molecule has 7 heteroatoms. The molecule has 1 N–H and O–H groups in total. The summed E-state index contributed by atoms with van der Waals surface area (Å²) in [7, 11) is 1.39. The number of anilines is 1. The van der Waals surface area contributed by atoms with Gasteiger partial charge in [0, 0.05) is 22.8 Å². The van der Waals surface area contributed by atoms with Gasteiger partial charge in [0.1, 0.15) is 5.75 Å². The second kappa shape index (κ2) is 6.44. The van der Waals surface area contributed by atoms with Crippen LogP contribution in [-0.4, -0.2) is 17.9 Å². The second-order valence-corrected chi connectivity index (χ2v) is 4.97. The van der Waals surface area contributed by atoms with Crippen LogP contribution in [0.4, 0.5) is 11.4 Å². The molecule has 0 aliphatic rings. The number of non-ortho nitro benzene ring substituents is 1. The second-order valence-electron chi connectivity index (χ2n) is 4.56. The summed E-state index contributed by atoms with van der Waals surface area (Å²) in [5.41, 5.74) is 1.27. The molecule has 2 aromatic carbocycles. The van der Waals surface area contributed by atoms with Crippen molar-refractivity contribution >= 4 is 28.9 Å². The number of methoxy groups -OCH3 is 1. The number of carbonyl (C=O) groups is 1. The van der Waals surface area contributed by atoms with Crippen LogP contribution in [0.3, 0.4) is 0 Å². The highest BCUT2D eigenvalue weighted by atomic mass is 35.5. The average Bonchev–Trinajstić information content (AvgIpc) is 2.50. The van der Waals surface area contributed by atoms with E-state index in [1.54, 1.807) is 18.2 Å². The smallest absolute Gasteiger partial charge is 0.270 e. The van der Waals surface area contributed by atoms with Crippen molar-refractivity contribution < 1.29 is 14.5 Å². The number of ether oxygens (including phenoxy) is 1. The number of benzene rings is 2. The van der Waals surface area contributed by atoms with Gasteiger partial charge < -0.3 is 10.1 Å². The summed E-state index contributed by atoms with van der Waals surface area (Å²) in [6, 6.07) is 8.90. The molecule has 0 saturated heterocycles. The van der Waals surface area contributed by atoms with Crippen LogP contribution >= 0.6 is 11.6 Å². The molecule has 0 atom stereocenters. The lowest BCUT2D eigenvalue weighted by molar-refractivity contribution is -0.384. The lowest BCUT2D eigenvalue weighted by Gasteiger charge is -2.10. The molecule has 0 aromatic heterocycles. The highest BCUT2D eigenvalue weighted by Gasteiger charge is 2.17. The Bertz CT molecular complexity index is 746. The van der Waals surface area contributed by atoms with E-state index in [-0.39, 0.29) is 17.0 Å². The molecule has 0 saturated carbocycles. The van der Waals surface area contributed by atoms with Crippen molar-refractivity contribution in [2.75, 3.05) is 12.4 Å². The van der Waals surface area contributed by atoms with E-state index in [0.29, 0.717) is 10.7 Å². The molecule has 0 bridgehead atoms. The fourth-order valence-electron chi connectivity index (χ4n) is 1.86. The normalized spacial score (nSPS) is 10.1. The Labute approximate surface area is 131 Å². The molecule has 0 aliphatic carbocycles. The summed E-state index contributed by atoms with van der Waals surface area (Å²) >= 11 is 6.00. The van der Waals surface area contributed by atoms with Crippen LogP contribution in [-0.2, 0) is 0 Å². The van der Waals surface area contributed by atoms with Crippen molar-refractivity contribution in [3.8, 4) is 5.75 Å². The number of carbonyl (C=O) groups excluding carboxylic acids is 1. The van der Waals surface area contributed by atoms with E-state index in [0.717, 1.165) is 5.56 Å². The molecule has 0 heterocycles. The minimum atomic E-state index is -0.570. The average molecular weight is 321 g/mol. The van der Waals surface area contributed by atoms with Gasteiger partial charge in [-0.2, -0.15) is 0 Å². The van der Waals surface area contributed by atoms with E-state index in [2.05, 4.69) is 5.32 Å². The van der Waals surface area contributed by atoms with E-state index < -0.39 is 10.8 Å². The number of hydrogen-bond acceptors (Lipinski definition) is 4. The fourth-order valence-corrected chi connectivity index (χ4v) is 2.04. The van der Waals surface area contributed by atoms with Gasteiger partial charge in [0.05, 0.1) is 17.6 Å². The first kappa shape index (κ1) is 15.8. The van der Waals surface area contributed by atoms with Crippen LogP contribution in [0.1, 0.15) is 15.9 Å². The molecule has 0 radical (unpaired) electrons. The van der Waals surface area contributed by atoms with Gasteiger partial charge in [-0.25, -0.2) is 0 Å². The van der Waals surface area contributed by atoms with E-state index >= 15 is 0 Å². The number of hydrogen-bond donors (Lipinski definition) is 1. The minimum Gasteiger partial charge on any atom is -0.496 e. The van der Waals surface area contributed by atoms with E-state index in [9.17, 15) is 14.9 Å². The van der Waals surface area contributed by atoms with Gasteiger partial charge in [-0.05, 0) is 30.7 Å². The first-order valence-electron chi connectivity index (χ1n) is 6.32. The summed E-state index contributed by atoms with van der Waals surface area (Å²) in [4.78, 5) is 22.6. The van der Waals surface area contributed by atoms with Crippen molar-refractivity contribution in [1.29, 1.82) is 0 Å². The van der Waals surface area contributed by atoms with Gasteiger partial charge in [0.2, 0.25) is 0 Å². The zero-order chi connectivity index (χ0) is 16.3. The topological polar surface area (TPSA) is 81.5 Å². The minimum absolute atomic E-state index is 0.0772. The van der Waals surface area contributed by atoms with E-state index in [4.69, 9.17) is 16.3 Å². The first-order chi connectivity index (χ1) is 10.4. The SMILES string of the molecule is COc1ccc([N+](=O)[O-])cc1C(=O)Nc1ccc(C)c(Cl)c1. The number of nitrogens with one attached hydrogen (secondary N) is 1. The number of nitro groups is 1. The molecule has 0 aliphatic heterocycles. The molecule has 0 spiro atoms. The molecule has 2 rings (SSSR count). The van der Waals surface area contributed by atoms with Crippen molar-refractivity contribution in [2.45, 2.75) is 6.92 Å².